The molecule has 0 unspecified atom stereocenters. The molecule has 18 heavy (non-hydrogen) atoms. The fraction of sp³-hybridized carbons (Fsp3) is 0.600. The molecule has 1 aromatic rings. The second-order valence-corrected chi connectivity index (χ2v) is 4.02. The Hall–Kier alpha value is -1.02. The number of halogens is 4. The number of nitrogens with one attached hydrogen (secondary N) is 1. The number of aromatic nitrogens is 2. The molecular weight excluding hydrogens is 272 g/mol. The van der Waals surface area contributed by atoms with Crippen molar-refractivity contribution in [1.82, 2.24) is 9.97 Å². The number of H-pyrrole nitrogens is 1. The van der Waals surface area contributed by atoms with Crippen LogP contribution >= 0.6 is 12.2 Å². The lowest BCUT2D eigenvalue weighted by atomic mass is 10.3. The summed E-state index contributed by atoms with van der Waals surface area (Å²) >= 11 is 4.86. The molecule has 0 bridgehead atoms. The van der Waals surface area contributed by atoms with E-state index in [1.165, 1.54) is 0 Å². The van der Waals surface area contributed by atoms with Gasteiger partial charge in [0.1, 0.15) is 23.7 Å². The van der Waals surface area contributed by atoms with E-state index in [4.69, 9.17) is 12.2 Å². The van der Waals surface area contributed by atoms with Crippen molar-refractivity contribution in [2.45, 2.75) is 32.3 Å². The first-order valence-electron chi connectivity index (χ1n) is 5.18. The van der Waals surface area contributed by atoms with E-state index in [2.05, 4.69) is 14.7 Å². The largest absolute Gasteiger partial charge is 0.367 e. The Kier molecular flexibility index (Phi) is 5.21. The Balaban J connectivity index is 2.59. The number of aryl methyl sites for hydroxylation is 1. The third-order valence-electron chi connectivity index (χ3n) is 2.08. The Bertz CT molecular complexity index is 450. The molecule has 0 saturated heterocycles. The molecule has 1 heterocycles. The Morgan fingerprint density at radius 2 is 2.17 bits per heavy atom. The van der Waals surface area contributed by atoms with Gasteiger partial charge in [-0.05, 0) is 12.5 Å². The summed E-state index contributed by atoms with van der Waals surface area (Å²) < 4.78 is 53.6. The fourth-order valence-corrected chi connectivity index (χ4v) is 1.42. The van der Waals surface area contributed by atoms with E-state index in [0.717, 1.165) is 5.69 Å². The molecule has 1 aromatic heterocycles. The van der Waals surface area contributed by atoms with E-state index in [1.807, 2.05) is 6.92 Å². The van der Waals surface area contributed by atoms with Crippen molar-refractivity contribution >= 4 is 12.2 Å². The average Bonchev–Trinajstić information content (AvgIpc) is 2.27. The summed E-state index contributed by atoms with van der Waals surface area (Å²) in [6, 6.07) is 1.63. The molecule has 1 N–H and O–H groups in total. The molecule has 0 spiro atoms. The number of rotatable bonds is 6. The molecule has 0 aliphatic carbocycles. The predicted octanol–water partition coefficient (Wildman–Crippen LogP) is 3.12. The maximum atomic E-state index is 12.5. The molecule has 102 valence electrons. The summed E-state index contributed by atoms with van der Waals surface area (Å²) in [5, 5.41) is 0. The highest BCUT2D eigenvalue weighted by atomic mass is 32.1. The van der Waals surface area contributed by atoms with Crippen LogP contribution in [0.2, 0.25) is 0 Å². The lowest BCUT2D eigenvalue weighted by Crippen LogP contribution is -2.32. The minimum Gasteiger partial charge on any atom is -0.367 e. The molecule has 0 amide bonds. The van der Waals surface area contributed by atoms with Crippen LogP contribution in [0.3, 0.4) is 0 Å². The summed E-state index contributed by atoms with van der Waals surface area (Å²) in [6.07, 6.45) is -3.09. The van der Waals surface area contributed by atoms with Crippen molar-refractivity contribution in [3.05, 3.63) is 22.2 Å². The van der Waals surface area contributed by atoms with Crippen LogP contribution in [0.15, 0.2) is 6.07 Å². The van der Waals surface area contributed by atoms with Crippen LogP contribution in [0.25, 0.3) is 0 Å². The zero-order chi connectivity index (χ0) is 13.8. The second kappa shape index (κ2) is 6.24. The lowest BCUT2D eigenvalue weighted by molar-refractivity contribution is -0.168. The first kappa shape index (κ1) is 15.0. The minimum atomic E-state index is -4.15. The van der Waals surface area contributed by atoms with Crippen molar-refractivity contribution in [1.29, 1.82) is 0 Å². The maximum Gasteiger partial charge on any atom is 0.330 e. The predicted molar refractivity (Wildman–Crippen MR) is 59.4 cm³/mol. The molecule has 0 aliphatic heterocycles. The van der Waals surface area contributed by atoms with Crippen LogP contribution in [0.1, 0.15) is 18.4 Å². The van der Waals surface area contributed by atoms with Gasteiger partial charge in [-0.15, -0.1) is 0 Å². The van der Waals surface area contributed by atoms with Gasteiger partial charge in [0.15, 0.2) is 0 Å². The summed E-state index contributed by atoms with van der Waals surface area (Å²) in [4.78, 5) is 6.66. The SMILES string of the molecule is CCc1cc(=S)nc(COCC(F)(F)C(F)F)[nH]1. The molecule has 8 heteroatoms. The third kappa shape index (κ3) is 4.34. The van der Waals surface area contributed by atoms with Crippen LogP contribution < -0.4 is 0 Å². The van der Waals surface area contributed by atoms with Gasteiger partial charge in [0, 0.05) is 5.69 Å². The summed E-state index contributed by atoms with van der Waals surface area (Å²) in [7, 11) is 0. The highest BCUT2D eigenvalue weighted by Gasteiger charge is 2.40. The van der Waals surface area contributed by atoms with Gasteiger partial charge < -0.3 is 9.72 Å². The van der Waals surface area contributed by atoms with Gasteiger partial charge in [-0.1, -0.05) is 19.1 Å². The normalized spacial score (nSPS) is 12.1. The molecular formula is C10H12F4N2OS. The molecule has 0 aromatic carbocycles. The molecule has 3 nitrogen and oxygen atoms in total. The van der Waals surface area contributed by atoms with Crippen molar-refractivity contribution < 1.29 is 22.3 Å². The smallest absolute Gasteiger partial charge is 0.330 e. The topological polar surface area (TPSA) is 37.9 Å². The Labute approximate surface area is 106 Å². The van der Waals surface area contributed by atoms with Crippen molar-refractivity contribution in [2.75, 3.05) is 6.61 Å². The first-order chi connectivity index (χ1) is 8.35. The van der Waals surface area contributed by atoms with Gasteiger partial charge in [-0.3, -0.25) is 0 Å². The van der Waals surface area contributed by atoms with Crippen LogP contribution in [0.4, 0.5) is 17.6 Å². The average molecular weight is 284 g/mol. The van der Waals surface area contributed by atoms with Gasteiger partial charge in [0.25, 0.3) is 0 Å². The zero-order valence-electron chi connectivity index (χ0n) is 9.55. The number of ether oxygens (including phenoxy) is 1. The Morgan fingerprint density at radius 3 is 2.72 bits per heavy atom. The van der Waals surface area contributed by atoms with Crippen molar-refractivity contribution in [3.63, 3.8) is 0 Å². The summed E-state index contributed by atoms with van der Waals surface area (Å²) in [6.45, 7) is 0.194. The van der Waals surface area contributed by atoms with Crippen LogP contribution in [0, 0.1) is 4.64 Å². The number of hydrogen-bond donors (Lipinski definition) is 1. The van der Waals surface area contributed by atoms with E-state index < -0.39 is 19.0 Å². The van der Waals surface area contributed by atoms with Crippen molar-refractivity contribution in [2.24, 2.45) is 0 Å². The van der Waals surface area contributed by atoms with Crippen LogP contribution in [-0.4, -0.2) is 28.9 Å². The molecule has 0 saturated carbocycles. The number of aromatic amines is 1. The zero-order valence-corrected chi connectivity index (χ0v) is 10.4. The van der Waals surface area contributed by atoms with Gasteiger partial charge in [0.05, 0.1) is 0 Å². The maximum absolute atomic E-state index is 12.5. The number of hydrogen-bond acceptors (Lipinski definition) is 3. The molecule has 0 fully saturated rings. The third-order valence-corrected chi connectivity index (χ3v) is 2.29. The van der Waals surface area contributed by atoms with Crippen LogP contribution in [-0.2, 0) is 17.8 Å². The quantitative estimate of drug-likeness (QED) is 0.644. The second-order valence-electron chi connectivity index (χ2n) is 3.60. The highest BCUT2D eigenvalue weighted by molar-refractivity contribution is 7.71. The molecule has 0 atom stereocenters. The first-order valence-corrected chi connectivity index (χ1v) is 5.59. The lowest BCUT2D eigenvalue weighted by Gasteiger charge is -2.15. The highest BCUT2D eigenvalue weighted by Crippen LogP contribution is 2.23. The van der Waals surface area contributed by atoms with E-state index in [0.29, 0.717) is 11.1 Å². The fourth-order valence-electron chi connectivity index (χ4n) is 1.17. The van der Waals surface area contributed by atoms with Gasteiger partial charge in [-0.2, -0.15) is 8.78 Å². The van der Waals surface area contributed by atoms with E-state index in [1.54, 1.807) is 6.07 Å². The van der Waals surface area contributed by atoms with E-state index in [-0.39, 0.29) is 12.4 Å². The summed E-state index contributed by atoms with van der Waals surface area (Å²) in [5.41, 5.74) is 0.772. The standard InChI is InChI=1S/C10H12F4N2OS/c1-2-6-3-8(18)16-7(15-6)4-17-5-10(13,14)9(11)12/h3,9H,2,4-5H2,1H3,(H,15,16,18). The number of nitrogens with zero attached hydrogens (tertiary/aromatic N) is 1. The molecule has 1 rings (SSSR count). The van der Waals surface area contributed by atoms with Gasteiger partial charge >= 0.3 is 12.3 Å². The Morgan fingerprint density at radius 1 is 1.50 bits per heavy atom. The monoisotopic (exact) mass is 284 g/mol. The van der Waals surface area contributed by atoms with Gasteiger partial charge in [0.2, 0.25) is 0 Å². The minimum absolute atomic E-state index is 0.240. The number of alkyl halides is 4. The molecule has 0 radical (unpaired) electrons. The van der Waals surface area contributed by atoms with Crippen LogP contribution in [0.5, 0.6) is 0 Å². The van der Waals surface area contributed by atoms with Crippen molar-refractivity contribution in [3.8, 4) is 0 Å². The van der Waals surface area contributed by atoms with Gasteiger partial charge in [-0.25, -0.2) is 13.8 Å². The summed E-state index contributed by atoms with van der Waals surface area (Å²) in [5.74, 6) is -3.91. The van der Waals surface area contributed by atoms with E-state index >= 15 is 0 Å². The molecule has 0 aliphatic rings. The van der Waals surface area contributed by atoms with E-state index in [9.17, 15) is 17.6 Å².